The maximum absolute atomic E-state index is 12.7. The topological polar surface area (TPSA) is 82.3 Å². The summed E-state index contributed by atoms with van der Waals surface area (Å²) in [5.41, 5.74) is 0.245. The number of hydrogen-bond acceptors (Lipinski definition) is 3. The predicted molar refractivity (Wildman–Crippen MR) is 99.2 cm³/mol. The minimum atomic E-state index is -0.785. The number of nitrogens with one attached hydrogen (secondary N) is 4. The number of benzene rings is 1. The van der Waals surface area contributed by atoms with Gasteiger partial charge in [0, 0.05) is 19.1 Å². The molecule has 0 radical (unpaired) electrons. The zero-order valence-electron chi connectivity index (χ0n) is 15.2. The van der Waals surface area contributed by atoms with Gasteiger partial charge in [0.05, 0.1) is 0 Å². The maximum Gasteiger partial charge on any atom is 0.315 e. The molecule has 1 fully saturated rings. The SMILES string of the molecule is CCN[C@H](C)CNC(=O)C1(NC(=O)NCc2ccccc2)CCCC1. The van der Waals surface area contributed by atoms with Crippen LogP contribution in [-0.4, -0.2) is 36.6 Å². The largest absolute Gasteiger partial charge is 0.353 e. The lowest BCUT2D eigenvalue weighted by molar-refractivity contribution is -0.127. The number of urea groups is 1. The molecule has 1 atom stereocenters. The van der Waals surface area contributed by atoms with Crippen molar-refractivity contribution in [1.82, 2.24) is 21.3 Å². The summed E-state index contributed by atoms with van der Waals surface area (Å²) in [6.07, 6.45) is 3.28. The third kappa shape index (κ3) is 5.74. The van der Waals surface area contributed by atoms with E-state index in [-0.39, 0.29) is 18.0 Å². The first kappa shape index (κ1) is 19.2. The summed E-state index contributed by atoms with van der Waals surface area (Å²) in [6.45, 7) is 5.94. The molecule has 2 rings (SSSR count). The molecular weight excluding hydrogens is 316 g/mol. The van der Waals surface area contributed by atoms with Gasteiger partial charge >= 0.3 is 6.03 Å². The number of rotatable bonds is 8. The van der Waals surface area contributed by atoms with Gasteiger partial charge in [0.25, 0.3) is 0 Å². The van der Waals surface area contributed by atoms with Crippen LogP contribution in [0.1, 0.15) is 45.1 Å². The number of likely N-dealkylation sites (N-methyl/N-ethyl adjacent to an activating group) is 1. The Morgan fingerprint density at radius 1 is 1.12 bits per heavy atom. The van der Waals surface area contributed by atoms with Crippen molar-refractivity contribution in [1.29, 1.82) is 0 Å². The van der Waals surface area contributed by atoms with E-state index in [9.17, 15) is 9.59 Å². The second-order valence-electron chi connectivity index (χ2n) is 6.75. The van der Waals surface area contributed by atoms with E-state index in [0.29, 0.717) is 25.9 Å². The Labute approximate surface area is 150 Å². The van der Waals surface area contributed by atoms with Gasteiger partial charge in [0.1, 0.15) is 5.54 Å². The summed E-state index contributed by atoms with van der Waals surface area (Å²) in [4.78, 5) is 25.0. The Hall–Kier alpha value is -2.08. The van der Waals surface area contributed by atoms with Crippen molar-refractivity contribution in [2.75, 3.05) is 13.1 Å². The fraction of sp³-hybridized carbons (Fsp3) is 0.579. The molecule has 1 aromatic rings. The van der Waals surface area contributed by atoms with Gasteiger partial charge in [-0.2, -0.15) is 0 Å². The van der Waals surface area contributed by atoms with E-state index >= 15 is 0 Å². The smallest absolute Gasteiger partial charge is 0.315 e. The predicted octanol–water partition coefficient (Wildman–Crippen LogP) is 1.91. The highest BCUT2D eigenvalue weighted by atomic mass is 16.2. The van der Waals surface area contributed by atoms with E-state index < -0.39 is 5.54 Å². The van der Waals surface area contributed by atoms with Crippen LogP contribution in [0.25, 0.3) is 0 Å². The Morgan fingerprint density at radius 3 is 2.44 bits per heavy atom. The van der Waals surface area contributed by atoms with Crippen LogP contribution in [0.5, 0.6) is 0 Å². The summed E-state index contributed by atoms with van der Waals surface area (Å²) >= 11 is 0. The van der Waals surface area contributed by atoms with Gasteiger partial charge in [0.15, 0.2) is 0 Å². The first-order valence-corrected chi connectivity index (χ1v) is 9.17. The average molecular weight is 346 g/mol. The fourth-order valence-corrected chi connectivity index (χ4v) is 3.26. The lowest BCUT2D eigenvalue weighted by Gasteiger charge is -2.29. The highest BCUT2D eigenvalue weighted by Gasteiger charge is 2.42. The molecule has 0 aromatic heterocycles. The second-order valence-corrected chi connectivity index (χ2v) is 6.75. The lowest BCUT2D eigenvalue weighted by atomic mass is 9.96. The van der Waals surface area contributed by atoms with Crippen molar-refractivity contribution in [2.24, 2.45) is 0 Å². The zero-order chi connectivity index (χ0) is 18.1. The highest BCUT2D eigenvalue weighted by molar-refractivity contribution is 5.91. The van der Waals surface area contributed by atoms with Crippen molar-refractivity contribution in [3.05, 3.63) is 35.9 Å². The first-order valence-electron chi connectivity index (χ1n) is 9.17. The highest BCUT2D eigenvalue weighted by Crippen LogP contribution is 2.29. The molecule has 0 bridgehead atoms. The van der Waals surface area contributed by atoms with Crippen molar-refractivity contribution in [2.45, 2.75) is 57.7 Å². The molecule has 0 spiro atoms. The molecule has 6 nitrogen and oxygen atoms in total. The van der Waals surface area contributed by atoms with E-state index in [2.05, 4.69) is 21.3 Å². The molecule has 4 N–H and O–H groups in total. The molecule has 1 aliphatic rings. The number of hydrogen-bond donors (Lipinski definition) is 4. The van der Waals surface area contributed by atoms with Crippen molar-refractivity contribution < 1.29 is 9.59 Å². The van der Waals surface area contributed by atoms with Gasteiger partial charge in [-0.25, -0.2) is 4.79 Å². The standard InChI is InChI=1S/C19H30N4O2/c1-3-20-15(2)13-21-17(24)19(11-7-8-12-19)23-18(25)22-14-16-9-5-4-6-10-16/h4-6,9-10,15,20H,3,7-8,11-14H2,1-2H3,(H,21,24)(H2,22,23,25)/t15-/m1/s1. The van der Waals surface area contributed by atoms with Crippen LogP contribution in [0.15, 0.2) is 30.3 Å². The molecule has 0 saturated heterocycles. The average Bonchev–Trinajstić information content (AvgIpc) is 3.09. The van der Waals surface area contributed by atoms with E-state index in [1.165, 1.54) is 0 Å². The van der Waals surface area contributed by atoms with E-state index in [1.54, 1.807) is 0 Å². The minimum absolute atomic E-state index is 0.0791. The van der Waals surface area contributed by atoms with Gasteiger partial charge in [0.2, 0.25) is 5.91 Å². The molecule has 1 aromatic carbocycles. The van der Waals surface area contributed by atoms with E-state index in [4.69, 9.17) is 0 Å². The third-order valence-electron chi connectivity index (χ3n) is 4.66. The second kappa shape index (κ2) is 9.42. The number of amides is 3. The Balaban J connectivity index is 1.87. The molecule has 138 valence electrons. The van der Waals surface area contributed by atoms with E-state index in [0.717, 1.165) is 24.9 Å². The first-order chi connectivity index (χ1) is 12.1. The van der Waals surface area contributed by atoms with Gasteiger partial charge in [-0.15, -0.1) is 0 Å². The van der Waals surface area contributed by atoms with Crippen molar-refractivity contribution >= 4 is 11.9 Å². The normalized spacial score (nSPS) is 16.9. The molecular formula is C19H30N4O2. The number of carbonyl (C=O) groups excluding carboxylic acids is 2. The van der Waals surface area contributed by atoms with Gasteiger partial charge < -0.3 is 21.3 Å². The molecule has 0 heterocycles. The summed E-state index contributed by atoms with van der Waals surface area (Å²) in [6, 6.07) is 9.65. The minimum Gasteiger partial charge on any atom is -0.353 e. The van der Waals surface area contributed by atoms with Crippen LogP contribution in [-0.2, 0) is 11.3 Å². The number of carbonyl (C=O) groups is 2. The molecule has 1 aliphatic carbocycles. The Bertz CT molecular complexity index is 556. The monoisotopic (exact) mass is 346 g/mol. The van der Waals surface area contributed by atoms with E-state index in [1.807, 2.05) is 44.2 Å². The van der Waals surface area contributed by atoms with Gasteiger partial charge in [-0.3, -0.25) is 4.79 Å². The molecule has 25 heavy (non-hydrogen) atoms. The summed E-state index contributed by atoms with van der Waals surface area (Å²) < 4.78 is 0. The van der Waals surface area contributed by atoms with Gasteiger partial charge in [-0.05, 0) is 31.9 Å². The van der Waals surface area contributed by atoms with Crippen LogP contribution < -0.4 is 21.3 Å². The van der Waals surface area contributed by atoms with Crippen LogP contribution >= 0.6 is 0 Å². The fourth-order valence-electron chi connectivity index (χ4n) is 3.26. The molecule has 0 unspecified atom stereocenters. The third-order valence-corrected chi connectivity index (χ3v) is 4.66. The van der Waals surface area contributed by atoms with Crippen LogP contribution in [0.3, 0.4) is 0 Å². The van der Waals surface area contributed by atoms with Gasteiger partial charge in [-0.1, -0.05) is 50.1 Å². The molecule has 1 saturated carbocycles. The van der Waals surface area contributed by atoms with Crippen LogP contribution in [0, 0.1) is 0 Å². The molecule has 0 aliphatic heterocycles. The lowest BCUT2D eigenvalue weighted by Crippen LogP contribution is -2.60. The Kier molecular flexibility index (Phi) is 7.25. The Morgan fingerprint density at radius 2 is 1.80 bits per heavy atom. The molecule has 3 amide bonds. The zero-order valence-corrected chi connectivity index (χ0v) is 15.2. The molecule has 6 heteroatoms. The van der Waals surface area contributed by atoms with Crippen LogP contribution in [0.2, 0.25) is 0 Å². The summed E-state index contributed by atoms with van der Waals surface area (Å²) in [7, 11) is 0. The maximum atomic E-state index is 12.7. The van der Waals surface area contributed by atoms with Crippen molar-refractivity contribution in [3.8, 4) is 0 Å². The summed E-state index contributed by atoms with van der Waals surface area (Å²) in [5.74, 6) is -0.0791. The summed E-state index contributed by atoms with van der Waals surface area (Å²) in [5, 5.41) is 12.0. The van der Waals surface area contributed by atoms with Crippen LogP contribution in [0.4, 0.5) is 4.79 Å². The quantitative estimate of drug-likeness (QED) is 0.580. The van der Waals surface area contributed by atoms with Crippen molar-refractivity contribution in [3.63, 3.8) is 0 Å².